The first kappa shape index (κ1) is 15.4. The van der Waals surface area contributed by atoms with Crippen molar-refractivity contribution in [3.63, 3.8) is 0 Å². The maximum Gasteiger partial charge on any atom is 0.147 e. The minimum absolute atomic E-state index is 0.296. The summed E-state index contributed by atoms with van der Waals surface area (Å²) in [5.41, 5.74) is 8.86. The summed E-state index contributed by atoms with van der Waals surface area (Å²) in [5, 5.41) is 0. The lowest BCUT2D eigenvalue weighted by Gasteiger charge is -2.30. The lowest BCUT2D eigenvalue weighted by molar-refractivity contribution is 0.498. The number of anilines is 1. The Morgan fingerprint density at radius 2 is 2.13 bits per heavy atom. The molecule has 0 atom stereocenters. The normalized spacial score (nSPS) is 15.3. The molecule has 1 aliphatic heterocycles. The van der Waals surface area contributed by atoms with E-state index in [9.17, 15) is 4.79 Å². The molecule has 1 aromatic carbocycles. The van der Waals surface area contributed by atoms with Crippen LogP contribution in [0.25, 0.3) is 11.3 Å². The number of hydrogen-bond donors (Lipinski definition) is 1. The molecule has 1 saturated heterocycles. The second-order valence-corrected chi connectivity index (χ2v) is 5.81. The standard InChI is InChI=1S/C18H20N4O/c19-16-6-8-22(9-7-16)18-13-20-12-17(21-18)15-5-1-3-14(11-15)4-2-10-23/h1-3,5,11-13,16H,4,6-9,19H2. The molecule has 3 rings (SSSR count). The second-order valence-electron chi connectivity index (χ2n) is 5.81. The molecular formula is C18H20N4O. The van der Waals surface area contributed by atoms with Crippen molar-refractivity contribution in [3.8, 4) is 11.3 Å². The maximum absolute atomic E-state index is 10.4. The highest BCUT2D eigenvalue weighted by Gasteiger charge is 2.17. The number of nitrogens with zero attached hydrogens (tertiary/aromatic N) is 3. The van der Waals surface area contributed by atoms with Gasteiger partial charge in [-0.25, -0.2) is 9.78 Å². The zero-order valence-electron chi connectivity index (χ0n) is 13.0. The van der Waals surface area contributed by atoms with Crippen molar-refractivity contribution in [1.29, 1.82) is 0 Å². The molecule has 5 heteroatoms. The van der Waals surface area contributed by atoms with Crippen molar-refractivity contribution in [2.45, 2.75) is 25.3 Å². The molecule has 0 radical (unpaired) electrons. The molecule has 1 fully saturated rings. The predicted octanol–water partition coefficient (Wildman–Crippen LogP) is 2.00. The van der Waals surface area contributed by atoms with E-state index in [1.54, 1.807) is 12.4 Å². The van der Waals surface area contributed by atoms with Gasteiger partial charge in [-0.1, -0.05) is 18.2 Å². The summed E-state index contributed by atoms with van der Waals surface area (Å²) >= 11 is 0. The van der Waals surface area contributed by atoms with Crippen molar-refractivity contribution >= 4 is 11.8 Å². The Kier molecular flexibility index (Phi) is 4.81. The van der Waals surface area contributed by atoms with E-state index in [1.807, 2.05) is 30.2 Å². The van der Waals surface area contributed by atoms with Crippen LogP contribution in [-0.2, 0) is 11.2 Å². The van der Waals surface area contributed by atoms with E-state index in [0.717, 1.165) is 48.6 Å². The summed E-state index contributed by atoms with van der Waals surface area (Å²) in [5.74, 6) is 2.71. The van der Waals surface area contributed by atoms with Gasteiger partial charge < -0.3 is 10.6 Å². The minimum Gasteiger partial charge on any atom is -0.355 e. The number of aromatic nitrogens is 2. The number of allylic oxidation sites excluding steroid dienone is 1. The van der Waals surface area contributed by atoms with Crippen molar-refractivity contribution in [1.82, 2.24) is 9.97 Å². The van der Waals surface area contributed by atoms with Crippen LogP contribution in [-0.4, -0.2) is 35.0 Å². The Labute approximate surface area is 135 Å². The Balaban J connectivity index is 1.83. The van der Waals surface area contributed by atoms with Crippen LogP contribution in [0.2, 0.25) is 0 Å². The highest BCUT2D eigenvalue weighted by atomic mass is 16.1. The maximum atomic E-state index is 10.4. The largest absolute Gasteiger partial charge is 0.355 e. The molecule has 1 aliphatic rings. The molecule has 2 heterocycles. The van der Waals surface area contributed by atoms with Crippen LogP contribution in [0.5, 0.6) is 0 Å². The monoisotopic (exact) mass is 308 g/mol. The fraction of sp³-hybridized carbons (Fsp3) is 0.333. The molecular weight excluding hydrogens is 288 g/mol. The fourth-order valence-electron chi connectivity index (χ4n) is 2.79. The molecule has 2 N–H and O–H groups in total. The highest BCUT2D eigenvalue weighted by Crippen LogP contribution is 2.22. The third kappa shape index (κ3) is 3.83. The summed E-state index contributed by atoms with van der Waals surface area (Å²) in [7, 11) is 0. The Hall–Kier alpha value is -2.49. The molecule has 5 nitrogen and oxygen atoms in total. The summed E-state index contributed by atoms with van der Waals surface area (Å²) in [6.45, 7) is 1.84. The van der Waals surface area contributed by atoms with Gasteiger partial charge >= 0.3 is 0 Å². The lowest BCUT2D eigenvalue weighted by Crippen LogP contribution is -2.40. The molecule has 0 spiro atoms. The molecule has 0 unspecified atom stereocenters. The van der Waals surface area contributed by atoms with E-state index >= 15 is 0 Å². The number of benzene rings is 1. The number of nitrogens with two attached hydrogens (primary N) is 1. The fourth-order valence-corrected chi connectivity index (χ4v) is 2.79. The first-order valence-corrected chi connectivity index (χ1v) is 7.87. The summed E-state index contributed by atoms with van der Waals surface area (Å²) in [4.78, 5) is 21.7. The molecule has 118 valence electrons. The van der Waals surface area contributed by atoms with Gasteiger partial charge in [-0.05, 0) is 24.5 Å². The summed E-state index contributed by atoms with van der Waals surface area (Å²) < 4.78 is 0. The topological polar surface area (TPSA) is 72.1 Å². The van der Waals surface area contributed by atoms with Gasteiger partial charge in [0, 0.05) is 37.2 Å². The van der Waals surface area contributed by atoms with Gasteiger partial charge in [0.15, 0.2) is 0 Å². The third-order valence-electron chi connectivity index (χ3n) is 4.13. The van der Waals surface area contributed by atoms with Crippen LogP contribution in [0, 0.1) is 0 Å². The van der Waals surface area contributed by atoms with Gasteiger partial charge in [-0.15, -0.1) is 0 Å². The molecule has 0 amide bonds. The summed E-state index contributed by atoms with van der Waals surface area (Å²) in [6, 6.07) is 8.30. The second kappa shape index (κ2) is 7.18. The van der Waals surface area contributed by atoms with E-state index in [2.05, 4.69) is 9.88 Å². The van der Waals surface area contributed by atoms with E-state index in [-0.39, 0.29) is 0 Å². The van der Waals surface area contributed by atoms with Crippen LogP contribution < -0.4 is 10.6 Å². The van der Waals surface area contributed by atoms with E-state index < -0.39 is 0 Å². The van der Waals surface area contributed by atoms with Crippen LogP contribution >= 0.6 is 0 Å². The highest BCUT2D eigenvalue weighted by molar-refractivity contribution is 5.61. The Bertz CT molecular complexity index is 716. The van der Waals surface area contributed by atoms with Crippen LogP contribution in [0.1, 0.15) is 18.4 Å². The molecule has 0 aliphatic carbocycles. The lowest BCUT2D eigenvalue weighted by atomic mass is 10.1. The zero-order chi connectivity index (χ0) is 16.1. The van der Waals surface area contributed by atoms with Gasteiger partial charge in [0.2, 0.25) is 0 Å². The van der Waals surface area contributed by atoms with Crippen molar-refractivity contribution in [3.05, 3.63) is 48.3 Å². The van der Waals surface area contributed by atoms with Crippen molar-refractivity contribution in [2.24, 2.45) is 5.73 Å². The number of rotatable bonds is 4. The van der Waals surface area contributed by atoms with E-state index in [4.69, 9.17) is 10.7 Å². The van der Waals surface area contributed by atoms with Gasteiger partial charge in [0.25, 0.3) is 0 Å². The van der Waals surface area contributed by atoms with Crippen molar-refractivity contribution in [2.75, 3.05) is 18.0 Å². The molecule has 2 aromatic rings. The van der Waals surface area contributed by atoms with Gasteiger partial charge in [0.1, 0.15) is 11.8 Å². The molecule has 0 saturated carbocycles. The third-order valence-corrected chi connectivity index (χ3v) is 4.13. The zero-order valence-corrected chi connectivity index (χ0v) is 13.0. The van der Waals surface area contributed by atoms with Gasteiger partial charge in [0.05, 0.1) is 18.1 Å². The SMILES string of the molecule is NC1CCN(c2cncc(-c3cccc(CC=C=O)c3)n2)CC1. The number of carbonyl (C=O) groups excluding carboxylic acids is 1. The first-order valence-electron chi connectivity index (χ1n) is 7.87. The van der Waals surface area contributed by atoms with Gasteiger partial charge in [-0.3, -0.25) is 4.98 Å². The molecule has 1 aromatic heterocycles. The smallest absolute Gasteiger partial charge is 0.147 e. The van der Waals surface area contributed by atoms with Gasteiger partial charge in [-0.2, -0.15) is 0 Å². The average molecular weight is 308 g/mol. The van der Waals surface area contributed by atoms with E-state index in [0.29, 0.717) is 12.5 Å². The molecule has 0 bridgehead atoms. The number of hydrogen-bond acceptors (Lipinski definition) is 5. The van der Waals surface area contributed by atoms with Crippen LogP contribution in [0.3, 0.4) is 0 Å². The average Bonchev–Trinajstić information content (AvgIpc) is 2.61. The first-order chi connectivity index (χ1) is 11.3. The van der Waals surface area contributed by atoms with E-state index in [1.165, 1.54) is 6.08 Å². The minimum atomic E-state index is 0.296. The summed E-state index contributed by atoms with van der Waals surface area (Å²) in [6.07, 6.45) is 7.61. The Morgan fingerprint density at radius 1 is 1.30 bits per heavy atom. The van der Waals surface area contributed by atoms with Crippen molar-refractivity contribution < 1.29 is 4.79 Å². The van der Waals surface area contributed by atoms with Crippen LogP contribution in [0.15, 0.2) is 42.7 Å². The quantitative estimate of drug-likeness (QED) is 0.875. The number of piperidine rings is 1. The Morgan fingerprint density at radius 3 is 2.91 bits per heavy atom. The predicted molar refractivity (Wildman–Crippen MR) is 90.9 cm³/mol. The van der Waals surface area contributed by atoms with Crippen LogP contribution in [0.4, 0.5) is 5.82 Å². The molecule has 23 heavy (non-hydrogen) atoms.